The minimum absolute atomic E-state index is 0.0663. The molecular weight excluding hydrogens is 381 g/mol. The Morgan fingerprint density at radius 3 is 2.68 bits per heavy atom. The van der Waals surface area contributed by atoms with E-state index in [2.05, 4.69) is 15.5 Å². The highest BCUT2D eigenvalue weighted by Gasteiger charge is 2.10. The number of nitrogens with one attached hydrogen (secondary N) is 1. The first-order valence-electron chi connectivity index (χ1n) is 7.67. The van der Waals surface area contributed by atoms with Crippen molar-refractivity contribution >= 4 is 40.4 Å². The summed E-state index contributed by atoms with van der Waals surface area (Å²) in [4.78, 5) is 11.9. The molecule has 5 nitrogen and oxygen atoms in total. The summed E-state index contributed by atoms with van der Waals surface area (Å²) in [5.41, 5.74) is 1.88. The fourth-order valence-corrected chi connectivity index (χ4v) is 3.47. The molecule has 2 aromatic heterocycles. The smallest absolute Gasteiger partial charge is 0.248 e. The zero-order valence-electron chi connectivity index (χ0n) is 13.2. The minimum atomic E-state index is -0.0663. The molecule has 25 heavy (non-hydrogen) atoms. The number of carbonyl (C=O) groups excluding carboxylic acids is 1. The van der Waals surface area contributed by atoms with Crippen LogP contribution in [0.15, 0.2) is 39.4 Å². The number of amides is 1. The van der Waals surface area contributed by atoms with E-state index in [0.717, 1.165) is 11.1 Å². The van der Waals surface area contributed by atoms with Crippen LogP contribution in [-0.4, -0.2) is 22.6 Å². The van der Waals surface area contributed by atoms with Crippen molar-refractivity contribution in [2.45, 2.75) is 19.3 Å². The SMILES string of the molecule is O=C(CCc1nnc(-c2ccsc2)o1)NCCc1cc(Cl)cc(Cl)c1. The lowest BCUT2D eigenvalue weighted by molar-refractivity contribution is -0.121. The molecule has 0 saturated heterocycles. The molecule has 0 bridgehead atoms. The average molecular weight is 396 g/mol. The van der Waals surface area contributed by atoms with Crippen LogP contribution in [0.5, 0.6) is 0 Å². The second-order valence-electron chi connectivity index (χ2n) is 5.39. The van der Waals surface area contributed by atoms with Gasteiger partial charge in [-0.2, -0.15) is 11.3 Å². The fourth-order valence-electron chi connectivity index (χ4n) is 2.27. The Bertz CT molecular complexity index is 829. The van der Waals surface area contributed by atoms with Gasteiger partial charge in [0.15, 0.2) is 0 Å². The molecule has 0 aliphatic carbocycles. The fraction of sp³-hybridized carbons (Fsp3) is 0.235. The van der Waals surface area contributed by atoms with Crippen LogP contribution in [-0.2, 0) is 17.6 Å². The normalized spacial score (nSPS) is 10.8. The third kappa shape index (κ3) is 5.29. The maximum absolute atomic E-state index is 11.9. The lowest BCUT2D eigenvalue weighted by Crippen LogP contribution is -2.25. The Morgan fingerprint density at radius 2 is 1.96 bits per heavy atom. The molecule has 1 aromatic carbocycles. The van der Waals surface area contributed by atoms with Crippen LogP contribution in [0.2, 0.25) is 10.0 Å². The molecule has 0 unspecified atom stereocenters. The summed E-state index contributed by atoms with van der Waals surface area (Å²) >= 11 is 13.5. The summed E-state index contributed by atoms with van der Waals surface area (Å²) in [5.74, 6) is 0.871. The van der Waals surface area contributed by atoms with E-state index in [4.69, 9.17) is 27.6 Å². The predicted molar refractivity (Wildman–Crippen MR) is 99.1 cm³/mol. The van der Waals surface area contributed by atoms with Crippen molar-refractivity contribution < 1.29 is 9.21 Å². The van der Waals surface area contributed by atoms with Crippen LogP contribution in [0.25, 0.3) is 11.5 Å². The second kappa shape index (κ2) is 8.47. The number of nitrogens with zero attached hydrogens (tertiary/aromatic N) is 2. The van der Waals surface area contributed by atoms with E-state index in [-0.39, 0.29) is 5.91 Å². The number of hydrogen-bond donors (Lipinski definition) is 1. The van der Waals surface area contributed by atoms with Crippen molar-refractivity contribution in [2.24, 2.45) is 0 Å². The summed E-state index contributed by atoms with van der Waals surface area (Å²) in [5, 5.41) is 15.9. The Kier molecular flexibility index (Phi) is 6.07. The number of thiophene rings is 1. The molecule has 8 heteroatoms. The quantitative estimate of drug-likeness (QED) is 0.643. The van der Waals surface area contributed by atoms with Gasteiger partial charge in [-0.05, 0) is 41.6 Å². The van der Waals surface area contributed by atoms with Gasteiger partial charge < -0.3 is 9.73 Å². The van der Waals surface area contributed by atoms with Crippen molar-refractivity contribution in [1.82, 2.24) is 15.5 Å². The Morgan fingerprint density at radius 1 is 1.16 bits per heavy atom. The van der Waals surface area contributed by atoms with Gasteiger partial charge in [0.25, 0.3) is 0 Å². The number of halogens is 2. The van der Waals surface area contributed by atoms with E-state index in [1.807, 2.05) is 29.0 Å². The van der Waals surface area contributed by atoms with Crippen molar-refractivity contribution in [3.8, 4) is 11.5 Å². The minimum Gasteiger partial charge on any atom is -0.421 e. The lowest BCUT2D eigenvalue weighted by atomic mass is 10.1. The number of carbonyl (C=O) groups is 1. The number of rotatable bonds is 7. The lowest BCUT2D eigenvalue weighted by Gasteiger charge is -2.05. The zero-order valence-corrected chi connectivity index (χ0v) is 15.5. The number of aryl methyl sites for hydroxylation is 1. The Labute approximate surface area is 159 Å². The molecule has 1 N–H and O–H groups in total. The summed E-state index contributed by atoms with van der Waals surface area (Å²) in [6.45, 7) is 0.513. The molecule has 3 rings (SSSR count). The summed E-state index contributed by atoms with van der Waals surface area (Å²) in [6.07, 6.45) is 1.36. The molecule has 0 fully saturated rings. The van der Waals surface area contributed by atoms with Crippen LogP contribution in [0, 0.1) is 0 Å². The van der Waals surface area contributed by atoms with Crippen LogP contribution in [0.4, 0.5) is 0 Å². The van der Waals surface area contributed by atoms with Crippen molar-refractivity contribution in [1.29, 1.82) is 0 Å². The van der Waals surface area contributed by atoms with Crippen LogP contribution in [0.3, 0.4) is 0 Å². The molecule has 130 valence electrons. The largest absolute Gasteiger partial charge is 0.421 e. The number of benzene rings is 1. The maximum Gasteiger partial charge on any atom is 0.248 e. The predicted octanol–water partition coefficient (Wildman–Crippen LogP) is 4.40. The van der Waals surface area contributed by atoms with E-state index in [1.165, 1.54) is 0 Å². The highest BCUT2D eigenvalue weighted by atomic mass is 35.5. The van der Waals surface area contributed by atoms with Gasteiger partial charge in [0.05, 0.1) is 0 Å². The topological polar surface area (TPSA) is 68.0 Å². The first-order chi connectivity index (χ1) is 12.1. The van der Waals surface area contributed by atoms with Crippen molar-refractivity contribution in [3.05, 3.63) is 56.5 Å². The number of aromatic nitrogens is 2. The van der Waals surface area contributed by atoms with Gasteiger partial charge in [0.2, 0.25) is 17.7 Å². The van der Waals surface area contributed by atoms with E-state index in [9.17, 15) is 4.79 Å². The monoisotopic (exact) mass is 395 g/mol. The van der Waals surface area contributed by atoms with Crippen molar-refractivity contribution in [3.63, 3.8) is 0 Å². The molecule has 3 aromatic rings. The Balaban J connectivity index is 1.42. The van der Waals surface area contributed by atoms with Crippen LogP contribution in [0.1, 0.15) is 17.9 Å². The molecule has 0 aliphatic rings. The van der Waals surface area contributed by atoms with Crippen LogP contribution < -0.4 is 5.32 Å². The third-order valence-corrected chi connectivity index (χ3v) is 4.58. The first kappa shape index (κ1) is 17.9. The summed E-state index contributed by atoms with van der Waals surface area (Å²) in [6, 6.07) is 7.27. The summed E-state index contributed by atoms with van der Waals surface area (Å²) < 4.78 is 5.55. The van der Waals surface area contributed by atoms with E-state index >= 15 is 0 Å². The van der Waals surface area contributed by atoms with Crippen LogP contribution >= 0.6 is 34.5 Å². The van der Waals surface area contributed by atoms with Gasteiger partial charge in [-0.3, -0.25) is 4.79 Å². The Hall–Kier alpha value is -1.89. The number of hydrogen-bond acceptors (Lipinski definition) is 5. The highest BCUT2D eigenvalue weighted by Crippen LogP contribution is 2.21. The summed E-state index contributed by atoms with van der Waals surface area (Å²) in [7, 11) is 0. The second-order valence-corrected chi connectivity index (χ2v) is 7.04. The molecule has 0 atom stereocenters. The van der Waals surface area contributed by atoms with E-state index in [1.54, 1.807) is 17.4 Å². The molecule has 0 saturated carbocycles. The van der Waals surface area contributed by atoms with Gasteiger partial charge in [0.1, 0.15) is 0 Å². The van der Waals surface area contributed by atoms with E-state index in [0.29, 0.717) is 47.6 Å². The van der Waals surface area contributed by atoms with Gasteiger partial charge in [0, 0.05) is 40.4 Å². The molecular formula is C17H15Cl2N3O2S. The molecule has 0 spiro atoms. The highest BCUT2D eigenvalue weighted by molar-refractivity contribution is 7.08. The van der Waals surface area contributed by atoms with E-state index < -0.39 is 0 Å². The van der Waals surface area contributed by atoms with Gasteiger partial charge in [-0.15, -0.1) is 10.2 Å². The first-order valence-corrected chi connectivity index (χ1v) is 9.36. The van der Waals surface area contributed by atoms with Gasteiger partial charge in [-0.1, -0.05) is 23.2 Å². The van der Waals surface area contributed by atoms with Crippen molar-refractivity contribution in [2.75, 3.05) is 6.54 Å². The third-order valence-electron chi connectivity index (χ3n) is 3.46. The molecule has 0 radical (unpaired) electrons. The zero-order chi connectivity index (χ0) is 17.6. The maximum atomic E-state index is 11.9. The molecule has 0 aliphatic heterocycles. The average Bonchev–Trinajstić information content (AvgIpc) is 3.23. The molecule has 2 heterocycles. The van der Waals surface area contributed by atoms with Gasteiger partial charge in [-0.25, -0.2) is 0 Å². The van der Waals surface area contributed by atoms with Gasteiger partial charge >= 0.3 is 0 Å². The standard InChI is InChI=1S/C17H15Cl2N3O2S/c18-13-7-11(8-14(19)9-13)3-5-20-15(23)1-2-16-21-22-17(24-16)12-4-6-25-10-12/h4,6-10H,1-3,5H2,(H,20,23). The molecule has 1 amide bonds.